The van der Waals surface area contributed by atoms with Crippen LogP contribution in [-0.2, 0) is 11.2 Å². The molecule has 3 aromatic rings. The van der Waals surface area contributed by atoms with Crippen LogP contribution in [0.3, 0.4) is 0 Å². The lowest BCUT2D eigenvalue weighted by molar-refractivity contribution is -0.121. The van der Waals surface area contributed by atoms with E-state index in [1.54, 1.807) is 24.3 Å². The highest BCUT2D eigenvalue weighted by Crippen LogP contribution is 2.20. The third-order valence-corrected chi connectivity index (χ3v) is 5.25. The molecule has 0 bridgehead atoms. The van der Waals surface area contributed by atoms with Gasteiger partial charge in [0, 0.05) is 11.6 Å². The van der Waals surface area contributed by atoms with Crippen LogP contribution in [0.15, 0.2) is 78.9 Å². The molecule has 0 radical (unpaired) electrons. The van der Waals surface area contributed by atoms with Crippen molar-refractivity contribution in [2.75, 3.05) is 6.54 Å². The molecular formula is C24H22Cl2N2O2. The Morgan fingerprint density at radius 2 is 1.50 bits per heavy atom. The highest BCUT2D eigenvalue weighted by Gasteiger charge is 2.20. The van der Waals surface area contributed by atoms with Gasteiger partial charge < -0.3 is 10.6 Å². The molecule has 154 valence electrons. The SMILES string of the molecule is O=C(C[C@@H](NC(=O)c1ccccc1Cl)c1ccccc1)NCCc1ccc(Cl)cc1. The van der Waals surface area contributed by atoms with Crippen LogP contribution in [0, 0.1) is 0 Å². The zero-order valence-electron chi connectivity index (χ0n) is 16.3. The van der Waals surface area contributed by atoms with Gasteiger partial charge in [0.1, 0.15) is 0 Å². The van der Waals surface area contributed by atoms with Crippen molar-refractivity contribution < 1.29 is 9.59 Å². The number of amides is 2. The van der Waals surface area contributed by atoms with E-state index >= 15 is 0 Å². The van der Waals surface area contributed by atoms with Crippen molar-refractivity contribution in [3.63, 3.8) is 0 Å². The van der Waals surface area contributed by atoms with E-state index in [4.69, 9.17) is 23.2 Å². The molecule has 30 heavy (non-hydrogen) atoms. The molecule has 0 aliphatic heterocycles. The topological polar surface area (TPSA) is 58.2 Å². The fraction of sp³-hybridized carbons (Fsp3) is 0.167. The molecular weight excluding hydrogens is 419 g/mol. The maximum atomic E-state index is 12.7. The van der Waals surface area contributed by atoms with Gasteiger partial charge in [0.15, 0.2) is 0 Å². The third kappa shape index (κ3) is 6.34. The summed E-state index contributed by atoms with van der Waals surface area (Å²) in [7, 11) is 0. The normalized spacial score (nSPS) is 11.5. The number of carbonyl (C=O) groups excluding carboxylic acids is 2. The van der Waals surface area contributed by atoms with E-state index in [9.17, 15) is 9.59 Å². The molecule has 6 heteroatoms. The second-order valence-corrected chi connectivity index (χ2v) is 7.69. The second kappa shape index (κ2) is 10.8. The Morgan fingerprint density at radius 3 is 2.20 bits per heavy atom. The van der Waals surface area contributed by atoms with E-state index in [0.29, 0.717) is 28.6 Å². The molecule has 0 spiro atoms. The van der Waals surface area contributed by atoms with Crippen molar-refractivity contribution in [2.24, 2.45) is 0 Å². The first kappa shape index (κ1) is 21.9. The summed E-state index contributed by atoms with van der Waals surface area (Å²) < 4.78 is 0. The van der Waals surface area contributed by atoms with Crippen molar-refractivity contribution in [3.05, 3.63) is 106 Å². The zero-order valence-corrected chi connectivity index (χ0v) is 17.8. The van der Waals surface area contributed by atoms with Crippen LogP contribution in [0.2, 0.25) is 10.0 Å². The van der Waals surface area contributed by atoms with Crippen molar-refractivity contribution >= 4 is 35.0 Å². The molecule has 1 atom stereocenters. The van der Waals surface area contributed by atoms with E-state index in [-0.39, 0.29) is 18.2 Å². The molecule has 0 aliphatic carbocycles. The number of rotatable bonds is 8. The lowest BCUT2D eigenvalue weighted by atomic mass is 10.0. The Balaban J connectivity index is 1.62. The molecule has 0 unspecified atom stereocenters. The van der Waals surface area contributed by atoms with E-state index in [2.05, 4.69) is 10.6 Å². The van der Waals surface area contributed by atoms with Gasteiger partial charge in [0.2, 0.25) is 5.91 Å². The van der Waals surface area contributed by atoms with Crippen LogP contribution in [-0.4, -0.2) is 18.4 Å². The van der Waals surface area contributed by atoms with E-state index in [1.165, 1.54) is 0 Å². The first-order chi connectivity index (χ1) is 14.5. The maximum absolute atomic E-state index is 12.7. The molecule has 4 nitrogen and oxygen atoms in total. The number of carbonyl (C=O) groups is 2. The first-order valence-electron chi connectivity index (χ1n) is 9.64. The lowest BCUT2D eigenvalue weighted by Gasteiger charge is -2.19. The predicted molar refractivity (Wildman–Crippen MR) is 121 cm³/mol. The Bertz CT molecular complexity index is 992. The number of hydrogen-bond acceptors (Lipinski definition) is 2. The van der Waals surface area contributed by atoms with E-state index in [0.717, 1.165) is 11.1 Å². The maximum Gasteiger partial charge on any atom is 0.253 e. The largest absolute Gasteiger partial charge is 0.356 e. The van der Waals surface area contributed by atoms with Gasteiger partial charge in [-0.25, -0.2) is 0 Å². The molecule has 0 saturated carbocycles. The second-order valence-electron chi connectivity index (χ2n) is 6.85. The van der Waals surface area contributed by atoms with Crippen molar-refractivity contribution in [3.8, 4) is 0 Å². The molecule has 3 rings (SSSR count). The predicted octanol–water partition coefficient (Wildman–Crippen LogP) is 5.21. The highest BCUT2D eigenvalue weighted by atomic mass is 35.5. The zero-order chi connectivity index (χ0) is 21.3. The van der Waals surface area contributed by atoms with Crippen molar-refractivity contribution in [2.45, 2.75) is 18.9 Å². The van der Waals surface area contributed by atoms with Crippen LogP contribution in [0.4, 0.5) is 0 Å². The Hall–Kier alpha value is -2.82. The van der Waals surface area contributed by atoms with Crippen LogP contribution in [0.1, 0.15) is 33.9 Å². The molecule has 0 saturated heterocycles. The van der Waals surface area contributed by atoms with Crippen molar-refractivity contribution in [1.29, 1.82) is 0 Å². The Morgan fingerprint density at radius 1 is 0.833 bits per heavy atom. The van der Waals surface area contributed by atoms with Gasteiger partial charge in [0.05, 0.1) is 23.0 Å². The van der Waals surface area contributed by atoms with Gasteiger partial charge >= 0.3 is 0 Å². The Kier molecular flexibility index (Phi) is 7.89. The number of halogens is 2. The van der Waals surface area contributed by atoms with E-state index < -0.39 is 6.04 Å². The number of nitrogens with one attached hydrogen (secondary N) is 2. The smallest absolute Gasteiger partial charge is 0.253 e. The van der Waals surface area contributed by atoms with Crippen LogP contribution < -0.4 is 10.6 Å². The summed E-state index contributed by atoms with van der Waals surface area (Å²) in [5.74, 6) is -0.458. The average molecular weight is 441 g/mol. The summed E-state index contributed by atoms with van der Waals surface area (Å²) >= 11 is 12.0. The summed E-state index contributed by atoms with van der Waals surface area (Å²) in [6.45, 7) is 0.500. The molecule has 2 N–H and O–H groups in total. The van der Waals surface area contributed by atoms with Gasteiger partial charge in [0.25, 0.3) is 5.91 Å². The monoisotopic (exact) mass is 440 g/mol. The van der Waals surface area contributed by atoms with Crippen molar-refractivity contribution in [1.82, 2.24) is 10.6 Å². The van der Waals surface area contributed by atoms with E-state index in [1.807, 2.05) is 54.6 Å². The lowest BCUT2D eigenvalue weighted by Crippen LogP contribution is -2.34. The minimum absolute atomic E-state index is 0.126. The molecule has 0 fully saturated rings. The minimum Gasteiger partial charge on any atom is -0.356 e. The quantitative estimate of drug-likeness (QED) is 0.504. The standard InChI is InChI=1S/C24H22Cl2N2O2/c25-19-12-10-17(11-13-19)14-15-27-23(29)16-22(18-6-2-1-3-7-18)28-24(30)20-8-4-5-9-21(20)26/h1-13,22H,14-16H2,(H,27,29)(H,28,30)/t22-/m1/s1. The van der Waals surface area contributed by atoms with Crippen LogP contribution in [0.5, 0.6) is 0 Å². The minimum atomic E-state index is -0.467. The molecule has 2 amide bonds. The summed E-state index contributed by atoms with van der Waals surface area (Å²) in [4.78, 5) is 25.3. The van der Waals surface area contributed by atoms with Crippen LogP contribution in [0.25, 0.3) is 0 Å². The first-order valence-corrected chi connectivity index (χ1v) is 10.4. The van der Waals surface area contributed by atoms with Gasteiger partial charge in [-0.1, -0.05) is 77.8 Å². The van der Waals surface area contributed by atoms with Gasteiger partial charge in [-0.2, -0.15) is 0 Å². The Labute approximate surface area is 186 Å². The average Bonchev–Trinajstić information content (AvgIpc) is 2.75. The molecule has 0 aliphatic rings. The number of benzene rings is 3. The summed E-state index contributed by atoms with van der Waals surface area (Å²) in [6, 6.07) is 23.3. The van der Waals surface area contributed by atoms with Gasteiger partial charge in [-0.15, -0.1) is 0 Å². The molecule has 0 heterocycles. The fourth-order valence-electron chi connectivity index (χ4n) is 3.07. The van der Waals surface area contributed by atoms with Gasteiger partial charge in [-0.3, -0.25) is 9.59 Å². The molecule has 3 aromatic carbocycles. The summed E-state index contributed by atoms with van der Waals surface area (Å²) in [6.07, 6.45) is 0.825. The number of hydrogen-bond donors (Lipinski definition) is 2. The highest BCUT2D eigenvalue weighted by molar-refractivity contribution is 6.33. The van der Waals surface area contributed by atoms with Crippen LogP contribution >= 0.6 is 23.2 Å². The third-order valence-electron chi connectivity index (χ3n) is 4.66. The summed E-state index contributed by atoms with van der Waals surface area (Å²) in [5, 5.41) is 6.91. The summed E-state index contributed by atoms with van der Waals surface area (Å²) in [5.41, 5.74) is 2.32. The van der Waals surface area contributed by atoms with Gasteiger partial charge in [-0.05, 0) is 41.8 Å². The fourth-order valence-corrected chi connectivity index (χ4v) is 3.42. The molecule has 0 aromatic heterocycles.